The molecule has 0 aliphatic rings. The van der Waals surface area contributed by atoms with Crippen LogP contribution in [0.2, 0.25) is 5.02 Å². The van der Waals surface area contributed by atoms with E-state index in [1.54, 1.807) is 0 Å². The molecule has 2 aromatic heterocycles. The SMILES string of the molecule is CC(C)n1cc(Cl)c2cc(-c3nc(-c4cccc(CN(C)CC(=O)OC(C)(C)C)c4)no3)ccc21. The van der Waals surface area contributed by atoms with Crippen LogP contribution in [-0.2, 0) is 16.1 Å². The lowest BCUT2D eigenvalue weighted by molar-refractivity contribution is -0.155. The van der Waals surface area contributed by atoms with E-state index in [-0.39, 0.29) is 12.5 Å². The second kappa shape index (κ2) is 9.84. The van der Waals surface area contributed by atoms with Crippen molar-refractivity contribution in [3.8, 4) is 22.8 Å². The molecule has 4 aromatic rings. The van der Waals surface area contributed by atoms with E-state index in [0.717, 1.165) is 27.6 Å². The second-order valence-corrected chi connectivity index (χ2v) is 10.5. The third-order valence-electron chi connectivity index (χ3n) is 5.47. The lowest BCUT2D eigenvalue weighted by Crippen LogP contribution is -2.32. The van der Waals surface area contributed by atoms with E-state index in [0.29, 0.717) is 29.3 Å². The van der Waals surface area contributed by atoms with E-state index >= 15 is 0 Å². The molecule has 0 unspecified atom stereocenters. The molecule has 0 aliphatic heterocycles. The van der Waals surface area contributed by atoms with Crippen LogP contribution < -0.4 is 0 Å². The number of nitrogens with zero attached hydrogens (tertiary/aromatic N) is 4. The third kappa shape index (κ3) is 5.92. The van der Waals surface area contributed by atoms with Gasteiger partial charge in [-0.1, -0.05) is 35.0 Å². The fourth-order valence-corrected chi connectivity index (χ4v) is 4.26. The van der Waals surface area contributed by atoms with Crippen molar-refractivity contribution in [1.29, 1.82) is 0 Å². The van der Waals surface area contributed by atoms with Gasteiger partial charge in [-0.2, -0.15) is 4.98 Å². The molecule has 2 aromatic carbocycles. The summed E-state index contributed by atoms with van der Waals surface area (Å²) in [7, 11) is 1.89. The summed E-state index contributed by atoms with van der Waals surface area (Å²) in [5.41, 5.74) is 3.25. The average molecular weight is 495 g/mol. The van der Waals surface area contributed by atoms with Crippen LogP contribution >= 0.6 is 11.6 Å². The average Bonchev–Trinajstić information content (AvgIpc) is 3.37. The first-order chi connectivity index (χ1) is 16.5. The normalized spacial score (nSPS) is 12.1. The molecule has 184 valence electrons. The van der Waals surface area contributed by atoms with Crippen molar-refractivity contribution in [3.05, 3.63) is 59.2 Å². The topological polar surface area (TPSA) is 73.4 Å². The molecule has 0 saturated carbocycles. The van der Waals surface area contributed by atoms with Gasteiger partial charge in [0.05, 0.1) is 11.6 Å². The third-order valence-corrected chi connectivity index (χ3v) is 5.77. The number of ether oxygens (including phenoxy) is 1. The van der Waals surface area contributed by atoms with Crippen LogP contribution in [0.3, 0.4) is 0 Å². The van der Waals surface area contributed by atoms with Crippen molar-refractivity contribution in [2.75, 3.05) is 13.6 Å². The number of likely N-dealkylation sites (N-methyl/N-ethyl adjacent to an activating group) is 1. The minimum Gasteiger partial charge on any atom is -0.459 e. The molecule has 7 nitrogen and oxygen atoms in total. The zero-order valence-electron chi connectivity index (χ0n) is 21.0. The molecule has 0 aliphatic carbocycles. The van der Waals surface area contributed by atoms with Gasteiger partial charge in [-0.25, -0.2) is 0 Å². The van der Waals surface area contributed by atoms with Crippen LogP contribution in [0.5, 0.6) is 0 Å². The highest BCUT2D eigenvalue weighted by atomic mass is 35.5. The Kier molecular flexibility index (Phi) is 7.01. The van der Waals surface area contributed by atoms with Crippen molar-refractivity contribution in [2.45, 2.75) is 52.8 Å². The monoisotopic (exact) mass is 494 g/mol. The Morgan fingerprint density at radius 3 is 2.66 bits per heavy atom. The molecule has 0 amide bonds. The van der Waals surface area contributed by atoms with Crippen LogP contribution in [0.1, 0.15) is 46.2 Å². The smallest absolute Gasteiger partial charge is 0.320 e. The molecular formula is C27H31ClN4O3. The van der Waals surface area contributed by atoms with Gasteiger partial charge in [0.2, 0.25) is 5.82 Å². The standard InChI is InChI=1S/C27H31ClN4O3/c1-17(2)32-15-22(28)21-13-20(10-11-23(21)32)26-29-25(30-35-26)19-9-7-8-18(12-19)14-31(6)16-24(33)34-27(3,4)5/h7-13,15,17H,14,16H2,1-6H3. The quantitative estimate of drug-likeness (QED) is 0.278. The van der Waals surface area contributed by atoms with Crippen LogP contribution in [-0.4, -0.2) is 44.8 Å². The maximum atomic E-state index is 12.1. The van der Waals surface area contributed by atoms with Crippen molar-refractivity contribution < 1.29 is 14.1 Å². The molecule has 0 N–H and O–H groups in total. The minimum absolute atomic E-state index is 0.206. The second-order valence-electron chi connectivity index (χ2n) is 10.1. The Labute approximate surface area is 210 Å². The van der Waals surface area contributed by atoms with E-state index in [1.807, 2.05) is 81.4 Å². The van der Waals surface area contributed by atoms with E-state index < -0.39 is 5.60 Å². The Bertz CT molecular complexity index is 1350. The van der Waals surface area contributed by atoms with Gasteiger partial charge in [0.15, 0.2) is 0 Å². The van der Waals surface area contributed by atoms with Gasteiger partial charge in [0, 0.05) is 40.8 Å². The predicted molar refractivity (Wildman–Crippen MR) is 138 cm³/mol. The highest BCUT2D eigenvalue weighted by Crippen LogP contribution is 2.32. The number of carbonyl (C=O) groups is 1. The molecule has 35 heavy (non-hydrogen) atoms. The summed E-state index contributed by atoms with van der Waals surface area (Å²) < 4.78 is 13.1. The molecule has 2 heterocycles. The lowest BCUT2D eigenvalue weighted by Gasteiger charge is -2.22. The Balaban J connectivity index is 1.51. The first-order valence-corrected chi connectivity index (χ1v) is 12.0. The van der Waals surface area contributed by atoms with E-state index in [4.69, 9.17) is 20.9 Å². The van der Waals surface area contributed by atoms with E-state index in [9.17, 15) is 4.79 Å². The predicted octanol–water partition coefficient (Wildman–Crippen LogP) is 6.37. The van der Waals surface area contributed by atoms with E-state index in [1.165, 1.54) is 0 Å². The molecule has 4 rings (SSSR count). The summed E-state index contributed by atoms with van der Waals surface area (Å²) >= 11 is 6.48. The molecular weight excluding hydrogens is 464 g/mol. The number of fused-ring (bicyclic) bond motifs is 1. The summed E-state index contributed by atoms with van der Waals surface area (Å²) in [6.07, 6.45) is 1.95. The van der Waals surface area contributed by atoms with E-state index in [2.05, 4.69) is 28.6 Å². The van der Waals surface area contributed by atoms with Gasteiger partial charge in [-0.3, -0.25) is 9.69 Å². The molecule has 0 fully saturated rings. The number of benzene rings is 2. The largest absolute Gasteiger partial charge is 0.459 e. The van der Waals surface area contributed by atoms with Gasteiger partial charge in [0.25, 0.3) is 5.89 Å². The molecule has 0 radical (unpaired) electrons. The molecule has 8 heteroatoms. The number of halogens is 1. The van der Waals surface area contributed by atoms with Crippen LogP contribution in [0, 0.1) is 0 Å². The highest BCUT2D eigenvalue weighted by molar-refractivity contribution is 6.35. The minimum atomic E-state index is -0.498. The number of hydrogen-bond acceptors (Lipinski definition) is 6. The molecule has 0 bridgehead atoms. The van der Waals surface area contributed by atoms with Gasteiger partial charge >= 0.3 is 5.97 Å². The maximum absolute atomic E-state index is 12.1. The van der Waals surface area contributed by atoms with Crippen molar-refractivity contribution in [3.63, 3.8) is 0 Å². The van der Waals surface area contributed by atoms with Gasteiger partial charge in [-0.05, 0) is 71.5 Å². The van der Waals surface area contributed by atoms with Gasteiger partial charge in [0.1, 0.15) is 5.60 Å². The fourth-order valence-electron chi connectivity index (χ4n) is 4.00. The Morgan fingerprint density at radius 2 is 1.94 bits per heavy atom. The summed E-state index contributed by atoms with van der Waals surface area (Å²) in [4.78, 5) is 18.7. The van der Waals surface area contributed by atoms with Crippen molar-refractivity contribution in [1.82, 2.24) is 19.6 Å². The molecule has 0 atom stereocenters. The van der Waals surface area contributed by atoms with Crippen molar-refractivity contribution >= 4 is 28.5 Å². The zero-order chi connectivity index (χ0) is 25.3. The zero-order valence-corrected chi connectivity index (χ0v) is 21.8. The Hall–Kier alpha value is -3.16. The van der Waals surface area contributed by atoms with Gasteiger partial charge < -0.3 is 13.8 Å². The lowest BCUT2D eigenvalue weighted by atomic mass is 10.1. The van der Waals surface area contributed by atoms with Crippen LogP contribution in [0.15, 0.2) is 53.2 Å². The Morgan fingerprint density at radius 1 is 1.17 bits per heavy atom. The van der Waals surface area contributed by atoms with Crippen molar-refractivity contribution in [2.24, 2.45) is 0 Å². The fraction of sp³-hybridized carbons (Fsp3) is 0.370. The number of esters is 1. The summed E-state index contributed by atoms with van der Waals surface area (Å²) in [6.45, 7) is 10.6. The number of rotatable bonds is 7. The summed E-state index contributed by atoms with van der Waals surface area (Å²) in [5, 5.41) is 5.84. The maximum Gasteiger partial charge on any atom is 0.320 e. The van der Waals surface area contributed by atoms with Crippen LogP contribution in [0.4, 0.5) is 0 Å². The molecule has 0 saturated heterocycles. The summed E-state index contributed by atoms with van der Waals surface area (Å²) in [6, 6.07) is 14.2. The first kappa shape index (κ1) is 24.9. The first-order valence-electron chi connectivity index (χ1n) is 11.6. The number of carbonyl (C=O) groups excluding carboxylic acids is 1. The van der Waals surface area contributed by atoms with Crippen LogP contribution in [0.25, 0.3) is 33.7 Å². The highest BCUT2D eigenvalue weighted by Gasteiger charge is 2.18. The molecule has 0 spiro atoms. The van der Waals surface area contributed by atoms with Gasteiger partial charge in [-0.15, -0.1) is 0 Å². The number of aromatic nitrogens is 3. The summed E-state index contributed by atoms with van der Waals surface area (Å²) in [5.74, 6) is 0.685. The number of hydrogen-bond donors (Lipinski definition) is 0.